The zero-order chi connectivity index (χ0) is 18.8. The zero-order valence-electron chi connectivity index (χ0n) is 13.3. The zero-order valence-corrected chi connectivity index (χ0v) is 14.9. The largest absolute Gasteiger partial charge is 0.468 e. The highest BCUT2D eigenvalue weighted by Gasteiger charge is 2.17. The number of carbonyl (C=O) groups excluding carboxylic acids is 2. The molecule has 0 unspecified atom stereocenters. The van der Waals surface area contributed by atoms with Crippen LogP contribution in [0.3, 0.4) is 0 Å². The summed E-state index contributed by atoms with van der Waals surface area (Å²) in [7, 11) is 1.18. The first kappa shape index (κ1) is 18.2. The molecule has 1 heterocycles. The van der Waals surface area contributed by atoms with Crippen LogP contribution in [0.2, 0.25) is 5.02 Å². The second kappa shape index (κ2) is 7.35. The number of ether oxygens (including phenoxy) is 1. The van der Waals surface area contributed by atoms with E-state index in [2.05, 4.69) is 9.73 Å². The lowest BCUT2D eigenvalue weighted by Crippen LogP contribution is -2.22. The number of hydrogen-bond donors (Lipinski definition) is 0. The van der Waals surface area contributed by atoms with E-state index < -0.39 is 23.5 Å². The molecule has 0 saturated carbocycles. The van der Waals surface area contributed by atoms with E-state index in [0.717, 1.165) is 17.4 Å². The lowest BCUT2D eigenvalue weighted by Gasteiger charge is -2.04. The minimum absolute atomic E-state index is 0.0283. The number of hydrogen-bond acceptors (Lipinski definition) is 4. The molecule has 134 valence electrons. The Hall–Kier alpha value is -2.58. The van der Waals surface area contributed by atoms with Crippen molar-refractivity contribution in [3.8, 4) is 0 Å². The van der Waals surface area contributed by atoms with Crippen molar-refractivity contribution >= 4 is 45.0 Å². The van der Waals surface area contributed by atoms with Gasteiger partial charge in [0.2, 0.25) is 0 Å². The van der Waals surface area contributed by atoms with Crippen LogP contribution in [0.15, 0.2) is 41.4 Å². The Morgan fingerprint density at radius 1 is 1.27 bits per heavy atom. The fourth-order valence-corrected chi connectivity index (χ4v) is 3.59. The Morgan fingerprint density at radius 3 is 2.73 bits per heavy atom. The van der Waals surface area contributed by atoms with E-state index in [1.54, 1.807) is 12.1 Å². The van der Waals surface area contributed by atoms with Crippen molar-refractivity contribution < 1.29 is 23.1 Å². The van der Waals surface area contributed by atoms with Gasteiger partial charge >= 0.3 is 5.97 Å². The number of benzene rings is 2. The fourth-order valence-electron chi connectivity index (χ4n) is 2.33. The molecular weight excluding hydrogens is 386 g/mol. The average molecular weight is 397 g/mol. The van der Waals surface area contributed by atoms with E-state index in [1.807, 2.05) is 0 Å². The topological polar surface area (TPSA) is 60.7 Å². The number of fused-ring (bicyclic) bond motifs is 1. The van der Waals surface area contributed by atoms with Crippen molar-refractivity contribution in [3.63, 3.8) is 0 Å². The molecule has 9 heteroatoms. The second-order valence-corrected chi connectivity index (χ2v) is 6.65. The molecule has 0 bridgehead atoms. The lowest BCUT2D eigenvalue weighted by molar-refractivity contribution is -0.141. The summed E-state index contributed by atoms with van der Waals surface area (Å²) in [6, 6.07) is 7.97. The number of rotatable bonds is 3. The maximum absolute atomic E-state index is 14.2. The maximum atomic E-state index is 14.2. The molecule has 0 atom stereocenters. The van der Waals surface area contributed by atoms with Gasteiger partial charge in [-0.2, -0.15) is 4.99 Å². The predicted octanol–water partition coefficient (Wildman–Crippen LogP) is 3.55. The molecule has 26 heavy (non-hydrogen) atoms. The van der Waals surface area contributed by atoms with Crippen molar-refractivity contribution in [2.24, 2.45) is 4.99 Å². The highest BCUT2D eigenvalue weighted by molar-refractivity contribution is 7.16. The number of carbonyl (C=O) groups is 2. The third kappa shape index (κ3) is 3.66. The van der Waals surface area contributed by atoms with Crippen LogP contribution >= 0.6 is 22.9 Å². The van der Waals surface area contributed by atoms with Crippen LogP contribution in [0.5, 0.6) is 0 Å². The van der Waals surface area contributed by atoms with Crippen LogP contribution in [0.1, 0.15) is 10.4 Å². The molecule has 0 N–H and O–H groups in total. The molecule has 3 aromatic rings. The highest BCUT2D eigenvalue weighted by Crippen LogP contribution is 2.22. The first-order valence-corrected chi connectivity index (χ1v) is 8.48. The van der Waals surface area contributed by atoms with Gasteiger partial charge in [0.05, 0.1) is 17.3 Å². The molecule has 0 fully saturated rings. The number of amides is 1. The number of halogens is 3. The van der Waals surface area contributed by atoms with E-state index in [4.69, 9.17) is 11.6 Å². The molecule has 0 spiro atoms. The maximum Gasteiger partial charge on any atom is 0.325 e. The summed E-state index contributed by atoms with van der Waals surface area (Å²) in [5.74, 6) is -2.92. The van der Waals surface area contributed by atoms with Gasteiger partial charge in [0, 0.05) is 16.7 Å². The summed E-state index contributed by atoms with van der Waals surface area (Å²) in [4.78, 5) is 28.1. The van der Waals surface area contributed by atoms with Crippen molar-refractivity contribution in [1.29, 1.82) is 0 Å². The first-order valence-electron chi connectivity index (χ1n) is 7.29. The molecule has 0 radical (unpaired) electrons. The van der Waals surface area contributed by atoms with E-state index >= 15 is 0 Å². The predicted molar refractivity (Wildman–Crippen MR) is 93.1 cm³/mol. The molecule has 5 nitrogen and oxygen atoms in total. The molecule has 3 rings (SSSR count). The summed E-state index contributed by atoms with van der Waals surface area (Å²) < 4.78 is 33.7. The molecule has 0 aliphatic rings. The van der Waals surface area contributed by atoms with Gasteiger partial charge in [-0.15, -0.1) is 0 Å². The summed E-state index contributed by atoms with van der Waals surface area (Å²) in [5, 5.41) is 0.359. The lowest BCUT2D eigenvalue weighted by atomic mass is 10.2. The summed E-state index contributed by atoms with van der Waals surface area (Å²) in [6.45, 7) is -0.374. The van der Waals surface area contributed by atoms with E-state index in [-0.39, 0.29) is 27.1 Å². The third-order valence-corrected chi connectivity index (χ3v) is 4.74. The Labute approximate surface area is 155 Å². The van der Waals surface area contributed by atoms with Crippen LogP contribution in [0.25, 0.3) is 10.2 Å². The number of esters is 1. The number of thiazole rings is 1. The van der Waals surface area contributed by atoms with Gasteiger partial charge in [-0.25, -0.2) is 8.78 Å². The Morgan fingerprint density at radius 2 is 2.04 bits per heavy atom. The number of aromatic nitrogens is 1. The van der Waals surface area contributed by atoms with Gasteiger partial charge < -0.3 is 9.30 Å². The van der Waals surface area contributed by atoms with Gasteiger partial charge in [0.25, 0.3) is 5.91 Å². The molecule has 2 aromatic carbocycles. The molecule has 0 saturated heterocycles. The Kier molecular flexibility index (Phi) is 5.15. The van der Waals surface area contributed by atoms with Crippen LogP contribution in [-0.2, 0) is 16.1 Å². The normalized spacial score (nSPS) is 11.8. The monoisotopic (exact) mass is 396 g/mol. The Balaban J connectivity index is 2.20. The van der Waals surface area contributed by atoms with Crippen LogP contribution in [0.4, 0.5) is 8.78 Å². The van der Waals surface area contributed by atoms with Crippen LogP contribution in [-0.4, -0.2) is 23.6 Å². The van der Waals surface area contributed by atoms with Crippen molar-refractivity contribution in [3.05, 3.63) is 63.4 Å². The van der Waals surface area contributed by atoms with Gasteiger partial charge in [0.15, 0.2) is 10.6 Å². The van der Waals surface area contributed by atoms with E-state index in [0.29, 0.717) is 11.1 Å². The van der Waals surface area contributed by atoms with E-state index in [9.17, 15) is 18.4 Å². The minimum Gasteiger partial charge on any atom is -0.468 e. The molecule has 1 aromatic heterocycles. The minimum atomic E-state index is -0.864. The molecule has 0 aliphatic heterocycles. The highest BCUT2D eigenvalue weighted by atomic mass is 35.5. The number of nitrogens with zero attached hydrogens (tertiary/aromatic N) is 2. The van der Waals surface area contributed by atoms with Crippen molar-refractivity contribution in [1.82, 2.24) is 4.57 Å². The Bertz CT molecular complexity index is 1090. The third-order valence-electron chi connectivity index (χ3n) is 3.48. The number of methoxy groups -OCH3 is 1. The first-order chi connectivity index (χ1) is 12.4. The van der Waals surface area contributed by atoms with Gasteiger partial charge in [-0.05, 0) is 24.3 Å². The van der Waals surface area contributed by atoms with Crippen molar-refractivity contribution in [2.75, 3.05) is 7.11 Å². The fraction of sp³-hybridized carbons (Fsp3) is 0.118. The molecular formula is C17H11ClF2N2O3S. The summed E-state index contributed by atoms with van der Waals surface area (Å²) in [5.41, 5.74) is 0.200. The average Bonchev–Trinajstić information content (AvgIpc) is 2.91. The quantitative estimate of drug-likeness (QED) is 0.636. The molecule has 1 amide bonds. The van der Waals surface area contributed by atoms with Gasteiger partial charge in [0.1, 0.15) is 12.4 Å². The van der Waals surface area contributed by atoms with Gasteiger partial charge in [-0.1, -0.05) is 29.0 Å². The standard InChI is InChI=1S/C17H11ClF2N2O3S/c1-25-14(23)8-22-15-12(20)6-11(19)7-13(15)26-17(22)21-16(24)9-3-2-4-10(18)5-9/h2-7H,8H2,1H3. The summed E-state index contributed by atoms with van der Waals surface area (Å²) >= 11 is 6.75. The van der Waals surface area contributed by atoms with Crippen LogP contribution < -0.4 is 4.80 Å². The van der Waals surface area contributed by atoms with Gasteiger partial charge in [-0.3, -0.25) is 9.59 Å². The van der Waals surface area contributed by atoms with Crippen molar-refractivity contribution in [2.45, 2.75) is 6.54 Å². The SMILES string of the molecule is COC(=O)Cn1c(=NC(=O)c2cccc(Cl)c2)sc2cc(F)cc(F)c21. The smallest absolute Gasteiger partial charge is 0.325 e. The van der Waals surface area contributed by atoms with Crippen LogP contribution in [0, 0.1) is 11.6 Å². The summed E-state index contributed by atoms with van der Waals surface area (Å²) in [6.07, 6.45) is 0. The van der Waals surface area contributed by atoms with E-state index in [1.165, 1.54) is 23.8 Å². The second-order valence-electron chi connectivity index (χ2n) is 5.21. The molecule has 0 aliphatic carbocycles.